The second kappa shape index (κ2) is 8.63. The summed E-state index contributed by atoms with van der Waals surface area (Å²) in [6.45, 7) is 6.10. The zero-order valence-corrected chi connectivity index (χ0v) is 17.5. The molecule has 1 saturated carbocycles. The lowest BCUT2D eigenvalue weighted by Crippen LogP contribution is -2.51. The summed E-state index contributed by atoms with van der Waals surface area (Å²) in [6.07, 6.45) is 3.87. The first-order valence-electron chi connectivity index (χ1n) is 9.47. The Morgan fingerprint density at radius 2 is 1.88 bits per heavy atom. The van der Waals surface area contributed by atoms with Crippen molar-refractivity contribution < 1.29 is 14.4 Å². The number of carbonyl (C=O) groups excluding carboxylic acids is 3. The van der Waals surface area contributed by atoms with E-state index in [-0.39, 0.29) is 41.1 Å². The summed E-state index contributed by atoms with van der Waals surface area (Å²) < 4.78 is 0. The predicted octanol–water partition coefficient (Wildman–Crippen LogP) is 2.09. The minimum atomic E-state index is -0.389. The summed E-state index contributed by atoms with van der Waals surface area (Å²) in [4.78, 5) is 40.9. The first-order chi connectivity index (χ1) is 12.1. The van der Waals surface area contributed by atoms with Gasteiger partial charge in [-0.25, -0.2) is 0 Å². The SMILES string of the molecule is CN(C)C(=O)C1CCCC(NC(=O)C2CSCN2C(=O)CC(C)(C)C)C1. The molecule has 1 aliphatic carbocycles. The van der Waals surface area contributed by atoms with Crippen molar-refractivity contribution in [2.45, 2.75) is 65.0 Å². The molecular weight excluding hydrogens is 350 g/mol. The summed E-state index contributed by atoms with van der Waals surface area (Å²) in [5, 5.41) is 3.12. The van der Waals surface area contributed by atoms with Crippen molar-refractivity contribution in [3.05, 3.63) is 0 Å². The topological polar surface area (TPSA) is 69.7 Å². The molecule has 2 aliphatic rings. The molecule has 2 rings (SSSR count). The van der Waals surface area contributed by atoms with Crippen LogP contribution in [0.3, 0.4) is 0 Å². The molecule has 3 atom stereocenters. The maximum atomic E-state index is 12.8. The van der Waals surface area contributed by atoms with Crippen LogP contribution in [-0.2, 0) is 14.4 Å². The Labute approximate surface area is 161 Å². The van der Waals surface area contributed by atoms with Crippen LogP contribution in [-0.4, -0.2) is 65.3 Å². The van der Waals surface area contributed by atoms with Crippen molar-refractivity contribution >= 4 is 29.5 Å². The van der Waals surface area contributed by atoms with E-state index in [9.17, 15) is 14.4 Å². The number of thioether (sulfide) groups is 1. The molecule has 7 heteroatoms. The van der Waals surface area contributed by atoms with Crippen LogP contribution in [0.4, 0.5) is 0 Å². The second-order valence-corrected chi connectivity index (χ2v) is 9.92. The lowest BCUT2D eigenvalue weighted by Gasteiger charge is -2.32. The van der Waals surface area contributed by atoms with Gasteiger partial charge in [-0.2, -0.15) is 0 Å². The molecule has 0 radical (unpaired) electrons. The molecule has 0 aromatic rings. The summed E-state index contributed by atoms with van der Waals surface area (Å²) in [5.74, 6) is 1.34. The lowest BCUT2D eigenvalue weighted by molar-refractivity contribution is -0.140. The van der Waals surface area contributed by atoms with Crippen LogP contribution in [0.25, 0.3) is 0 Å². The Morgan fingerprint density at radius 1 is 1.19 bits per heavy atom. The van der Waals surface area contributed by atoms with Crippen LogP contribution in [0, 0.1) is 11.3 Å². The summed E-state index contributed by atoms with van der Waals surface area (Å²) >= 11 is 1.63. The lowest BCUT2D eigenvalue weighted by atomic mass is 9.84. The predicted molar refractivity (Wildman–Crippen MR) is 105 cm³/mol. The highest BCUT2D eigenvalue weighted by Gasteiger charge is 2.37. The summed E-state index contributed by atoms with van der Waals surface area (Å²) in [5.41, 5.74) is -0.0888. The van der Waals surface area contributed by atoms with E-state index in [1.807, 2.05) is 20.8 Å². The minimum Gasteiger partial charge on any atom is -0.352 e. The van der Waals surface area contributed by atoms with Crippen molar-refractivity contribution in [2.24, 2.45) is 11.3 Å². The number of carbonyl (C=O) groups is 3. The van der Waals surface area contributed by atoms with Gasteiger partial charge in [-0.1, -0.05) is 27.2 Å². The van der Waals surface area contributed by atoms with Crippen LogP contribution in [0.15, 0.2) is 0 Å². The third kappa shape index (κ3) is 5.63. The van der Waals surface area contributed by atoms with E-state index in [0.29, 0.717) is 24.5 Å². The maximum absolute atomic E-state index is 12.8. The molecule has 3 unspecified atom stereocenters. The molecule has 1 N–H and O–H groups in total. The summed E-state index contributed by atoms with van der Waals surface area (Å²) in [6, 6.07) is -0.366. The van der Waals surface area contributed by atoms with Gasteiger partial charge in [-0.3, -0.25) is 14.4 Å². The first-order valence-corrected chi connectivity index (χ1v) is 10.6. The standard InChI is InChI=1S/C19H33N3O3S/c1-19(2,3)10-16(23)22-12-26-11-15(22)17(24)20-14-8-6-7-13(9-14)18(25)21(4)5/h13-15H,6-12H2,1-5H3,(H,20,24). The van der Waals surface area contributed by atoms with Crippen LogP contribution in [0.2, 0.25) is 0 Å². The van der Waals surface area contributed by atoms with Crippen molar-refractivity contribution in [1.29, 1.82) is 0 Å². The minimum absolute atomic E-state index is 0.0133. The van der Waals surface area contributed by atoms with Crippen LogP contribution in [0.5, 0.6) is 0 Å². The van der Waals surface area contributed by atoms with E-state index in [4.69, 9.17) is 0 Å². The highest BCUT2D eigenvalue weighted by molar-refractivity contribution is 7.99. The third-order valence-electron chi connectivity index (χ3n) is 5.00. The Kier molecular flexibility index (Phi) is 6.99. The molecule has 26 heavy (non-hydrogen) atoms. The maximum Gasteiger partial charge on any atom is 0.243 e. The number of hydrogen-bond acceptors (Lipinski definition) is 4. The largest absolute Gasteiger partial charge is 0.352 e. The van der Waals surface area contributed by atoms with E-state index in [2.05, 4.69) is 5.32 Å². The van der Waals surface area contributed by atoms with Crippen molar-refractivity contribution in [2.75, 3.05) is 25.7 Å². The van der Waals surface area contributed by atoms with Gasteiger partial charge in [0.2, 0.25) is 17.7 Å². The Hall–Kier alpha value is -1.24. The first kappa shape index (κ1) is 21.1. The fraction of sp³-hybridized carbons (Fsp3) is 0.842. The Balaban J connectivity index is 1.93. The normalized spacial score (nSPS) is 26.5. The number of nitrogens with zero attached hydrogens (tertiary/aromatic N) is 2. The monoisotopic (exact) mass is 383 g/mol. The molecule has 1 heterocycles. The van der Waals surface area contributed by atoms with Crippen molar-refractivity contribution in [3.8, 4) is 0 Å². The van der Waals surface area contributed by atoms with E-state index >= 15 is 0 Å². The van der Waals surface area contributed by atoms with Gasteiger partial charge in [0.15, 0.2) is 0 Å². The molecule has 6 nitrogen and oxygen atoms in total. The fourth-order valence-corrected chi connectivity index (χ4v) is 4.85. The van der Waals surface area contributed by atoms with Crippen molar-refractivity contribution in [1.82, 2.24) is 15.1 Å². The molecule has 2 fully saturated rings. The van der Waals surface area contributed by atoms with E-state index in [1.54, 1.807) is 35.7 Å². The second-order valence-electron chi connectivity index (χ2n) is 8.92. The molecule has 0 spiro atoms. The van der Waals surface area contributed by atoms with Gasteiger partial charge >= 0.3 is 0 Å². The molecule has 1 saturated heterocycles. The quantitative estimate of drug-likeness (QED) is 0.807. The van der Waals surface area contributed by atoms with Gasteiger partial charge in [0.25, 0.3) is 0 Å². The zero-order valence-electron chi connectivity index (χ0n) is 16.7. The molecule has 148 valence electrons. The molecule has 0 bridgehead atoms. The number of hydrogen-bond donors (Lipinski definition) is 1. The molecular formula is C19H33N3O3S. The van der Waals surface area contributed by atoms with Gasteiger partial charge in [-0.15, -0.1) is 11.8 Å². The van der Waals surface area contributed by atoms with E-state index in [1.165, 1.54) is 0 Å². The van der Waals surface area contributed by atoms with Crippen LogP contribution < -0.4 is 5.32 Å². The van der Waals surface area contributed by atoms with Gasteiger partial charge in [0, 0.05) is 38.2 Å². The van der Waals surface area contributed by atoms with E-state index in [0.717, 1.165) is 19.3 Å². The zero-order chi connectivity index (χ0) is 19.5. The van der Waals surface area contributed by atoms with Crippen LogP contribution >= 0.6 is 11.8 Å². The average molecular weight is 384 g/mol. The third-order valence-corrected chi connectivity index (χ3v) is 6.01. The fourth-order valence-electron chi connectivity index (χ4n) is 3.67. The van der Waals surface area contributed by atoms with Crippen LogP contribution in [0.1, 0.15) is 52.9 Å². The van der Waals surface area contributed by atoms with Gasteiger partial charge in [-0.05, 0) is 24.7 Å². The Morgan fingerprint density at radius 3 is 2.50 bits per heavy atom. The van der Waals surface area contributed by atoms with Gasteiger partial charge < -0.3 is 15.1 Å². The Bertz CT molecular complexity index is 545. The molecule has 3 amide bonds. The average Bonchev–Trinajstić information content (AvgIpc) is 3.02. The number of rotatable bonds is 4. The summed E-state index contributed by atoms with van der Waals surface area (Å²) in [7, 11) is 3.55. The van der Waals surface area contributed by atoms with Crippen molar-refractivity contribution in [3.63, 3.8) is 0 Å². The molecule has 1 aliphatic heterocycles. The van der Waals surface area contributed by atoms with E-state index < -0.39 is 0 Å². The van der Waals surface area contributed by atoms with Gasteiger partial charge in [0.1, 0.15) is 6.04 Å². The highest BCUT2D eigenvalue weighted by Crippen LogP contribution is 2.28. The highest BCUT2D eigenvalue weighted by atomic mass is 32.2. The molecule has 0 aromatic carbocycles. The number of amides is 3. The smallest absolute Gasteiger partial charge is 0.243 e. The van der Waals surface area contributed by atoms with Gasteiger partial charge in [0.05, 0.1) is 5.88 Å². The number of nitrogens with one attached hydrogen (secondary N) is 1. The molecule has 0 aromatic heterocycles.